The smallest absolute Gasteiger partial charge is 0.317 e. The van der Waals surface area contributed by atoms with Gasteiger partial charge in [-0.2, -0.15) is 0 Å². The van der Waals surface area contributed by atoms with Gasteiger partial charge >= 0.3 is 5.97 Å². The lowest BCUT2D eigenvalue weighted by molar-refractivity contribution is -0.138. The van der Waals surface area contributed by atoms with Crippen molar-refractivity contribution in [2.45, 2.75) is 45.3 Å². The number of carboxylic acids is 1. The zero-order chi connectivity index (χ0) is 14.5. The summed E-state index contributed by atoms with van der Waals surface area (Å²) in [7, 11) is 0. The molecule has 0 aromatic carbocycles. The van der Waals surface area contributed by atoms with Gasteiger partial charge in [0.25, 0.3) is 0 Å². The summed E-state index contributed by atoms with van der Waals surface area (Å²) in [6, 6.07) is 0.612. The molecular formula is C15H28N2O3. The molecule has 2 saturated heterocycles. The number of rotatable bonds is 4. The first-order valence-electron chi connectivity index (χ1n) is 7.86. The first-order chi connectivity index (χ1) is 9.56. The van der Waals surface area contributed by atoms with Gasteiger partial charge in [0.2, 0.25) is 0 Å². The molecule has 2 fully saturated rings. The van der Waals surface area contributed by atoms with Crippen LogP contribution in [0.25, 0.3) is 0 Å². The van der Waals surface area contributed by atoms with Crippen molar-refractivity contribution in [3.63, 3.8) is 0 Å². The molecule has 116 valence electrons. The van der Waals surface area contributed by atoms with E-state index in [2.05, 4.69) is 23.6 Å². The van der Waals surface area contributed by atoms with E-state index in [-0.39, 0.29) is 6.54 Å². The highest BCUT2D eigenvalue weighted by Gasteiger charge is 2.30. The maximum absolute atomic E-state index is 10.8. The van der Waals surface area contributed by atoms with Gasteiger partial charge in [-0.1, -0.05) is 13.8 Å². The lowest BCUT2D eigenvalue weighted by Crippen LogP contribution is -2.45. The van der Waals surface area contributed by atoms with Crippen molar-refractivity contribution in [1.82, 2.24) is 9.80 Å². The average Bonchev–Trinajstić information content (AvgIpc) is 2.64. The number of carbonyl (C=O) groups is 1. The lowest BCUT2D eigenvalue weighted by Gasteiger charge is -2.38. The molecule has 2 rings (SSSR count). The van der Waals surface area contributed by atoms with Crippen LogP contribution >= 0.6 is 0 Å². The van der Waals surface area contributed by atoms with Crippen LogP contribution in [0.4, 0.5) is 0 Å². The van der Waals surface area contributed by atoms with Gasteiger partial charge in [0.1, 0.15) is 0 Å². The Bertz CT molecular complexity index is 322. The van der Waals surface area contributed by atoms with Crippen LogP contribution in [0, 0.1) is 5.92 Å². The molecule has 0 bridgehead atoms. The summed E-state index contributed by atoms with van der Waals surface area (Å²) in [4.78, 5) is 15.4. The van der Waals surface area contributed by atoms with Crippen molar-refractivity contribution in [3.8, 4) is 0 Å². The topological polar surface area (TPSA) is 53.0 Å². The molecule has 2 aliphatic rings. The van der Waals surface area contributed by atoms with Crippen molar-refractivity contribution >= 4 is 5.97 Å². The Labute approximate surface area is 121 Å². The molecule has 0 radical (unpaired) electrons. The van der Waals surface area contributed by atoms with Gasteiger partial charge in [0, 0.05) is 32.3 Å². The minimum atomic E-state index is -0.718. The molecule has 2 unspecified atom stereocenters. The van der Waals surface area contributed by atoms with Crippen LogP contribution in [0.5, 0.6) is 0 Å². The highest BCUT2D eigenvalue weighted by Crippen LogP contribution is 2.24. The summed E-state index contributed by atoms with van der Waals surface area (Å²) >= 11 is 0. The Morgan fingerprint density at radius 3 is 2.80 bits per heavy atom. The predicted molar refractivity (Wildman–Crippen MR) is 77.9 cm³/mol. The molecule has 1 N–H and O–H groups in total. The Balaban J connectivity index is 1.85. The summed E-state index contributed by atoms with van der Waals surface area (Å²) in [5.41, 5.74) is 0. The third-order valence-corrected chi connectivity index (χ3v) is 4.53. The minimum Gasteiger partial charge on any atom is -0.480 e. The van der Waals surface area contributed by atoms with E-state index in [1.54, 1.807) is 0 Å². The van der Waals surface area contributed by atoms with E-state index < -0.39 is 5.97 Å². The third-order valence-electron chi connectivity index (χ3n) is 4.53. The Morgan fingerprint density at radius 2 is 2.10 bits per heavy atom. The normalized spacial score (nSPS) is 30.4. The second-order valence-electron chi connectivity index (χ2n) is 6.39. The van der Waals surface area contributed by atoms with Gasteiger partial charge in [0.05, 0.1) is 12.6 Å². The largest absolute Gasteiger partial charge is 0.480 e. The SMILES string of the molecule is CC(C)C1CC(N2CCCN(CC(=O)O)CC2)CCO1. The predicted octanol–water partition coefficient (Wildman–Crippen LogP) is 1.28. The van der Waals surface area contributed by atoms with Gasteiger partial charge in [0.15, 0.2) is 0 Å². The van der Waals surface area contributed by atoms with E-state index in [1.165, 1.54) is 0 Å². The summed E-state index contributed by atoms with van der Waals surface area (Å²) in [5, 5.41) is 8.90. The minimum absolute atomic E-state index is 0.177. The number of ether oxygens (including phenoxy) is 1. The van der Waals surface area contributed by atoms with Crippen LogP contribution in [0.15, 0.2) is 0 Å². The molecule has 5 heteroatoms. The van der Waals surface area contributed by atoms with Gasteiger partial charge < -0.3 is 9.84 Å². The van der Waals surface area contributed by atoms with E-state index in [4.69, 9.17) is 9.84 Å². The van der Waals surface area contributed by atoms with Crippen LogP contribution in [-0.4, -0.2) is 72.4 Å². The van der Waals surface area contributed by atoms with Crippen molar-refractivity contribution in [2.24, 2.45) is 5.92 Å². The average molecular weight is 284 g/mol. The van der Waals surface area contributed by atoms with Gasteiger partial charge in [-0.3, -0.25) is 14.6 Å². The maximum atomic E-state index is 10.8. The highest BCUT2D eigenvalue weighted by atomic mass is 16.5. The number of aliphatic carboxylic acids is 1. The van der Waals surface area contributed by atoms with Crippen LogP contribution in [0.1, 0.15) is 33.1 Å². The van der Waals surface area contributed by atoms with Gasteiger partial charge in [-0.05, 0) is 31.7 Å². The van der Waals surface area contributed by atoms with Crippen LogP contribution in [0.3, 0.4) is 0 Å². The summed E-state index contributed by atoms with van der Waals surface area (Å²) in [5.74, 6) is -0.141. The van der Waals surface area contributed by atoms with Gasteiger partial charge in [-0.15, -0.1) is 0 Å². The van der Waals surface area contributed by atoms with Crippen molar-refractivity contribution in [1.29, 1.82) is 0 Å². The van der Waals surface area contributed by atoms with E-state index in [1.807, 2.05) is 0 Å². The van der Waals surface area contributed by atoms with Crippen LogP contribution in [0.2, 0.25) is 0 Å². The van der Waals surface area contributed by atoms with E-state index >= 15 is 0 Å². The summed E-state index contributed by atoms with van der Waals surface area (Å²) in [6.45, 7) is 9.34. The van der Waals surface area contributed by atoms with Crippen molar-refractivity contribution in [3.05, 3.63) is 0 Å². The molecule has 0 saturated carbocycles. The van der Waals surface area contributed by atoms with Crippen molar-refractivity contribution in [2.75, 3.05) is 39.3 Å². The number of carboxylic acid groups (broad SMARTS) is 1. The fraction of sp³-hybridized carbons (Fsp3) is 0.933. The second-order valence-corrected chi connectivity index (χ2v) is 6.39. The molecule has 2 heterocycles. The van der Waals surface area contributed by atoms with Crippen LogP contribution in [-0.2, 0) is 9.53 Å². The molecule has 0 spiro atoms. The zero-order valence-corrected chi connectivity index (χ0v) is 12.8. The molecule has 20 heavy (non-hydrogen) atoms. The van der Waals surface area contributed by atoms with Gasteiger partial charge in [-0.25, -0.2) is 0 Å². The Morgan fingerprint density at radius 1 is 1.30 bits per heavy atom. The van der Waals surface area contributed by atoms with Crippen LogP contribution < -0.4 is 0 Å². The summed E-state index contributed by atoms with van der Waals surface area (Å²) < 4.78 is 5.85. The van der Waals surface area contributed by atoms with E-state index in [9.17, 15) is 4.79 Å². The molecular weight excluding hydrogens is 256 g/mol. The maximum Gasteiger partial charge on any atom is 0.317 e. The first-order valence-corrected chi connectivity index (χ1v) is 7.86. The molecule has 5 nitrogen and oxygen atoms in total. The lowest BCUT2D eigenvalue weighted by atomic mass is 9.94. The molecule has 0 aromatic heterocycles. The summed E-state index contributed by atoms with van der Waals surface area (Å²) in [6.07, 6.45) is 3.68. The fourth-order valence-electron chi connectivity index (χ4n) is 3.31. The Hall–Kier alpha value is -0.650. The number of nitrogens with zero attached hydrogens (tertiary/aromatic N) is 2. The molecule has 0 aliphatic carbocycles. The molecule has 0 amide bonds. The fourth-order valence-corrected chi connectivity index (χ4v) is 3.31. The molecule has 0 aromatic rings. The highest BCUT2D eigenvalue weighted by molar-refractivity contribution is 5.69. The number of hydrogen-bond donors (Lipinski definition) is 1. The first kappa shape index (κ1) is 15.7. The molecule has 2 atom stereocenters. The Kier molecular flexibility index (Phi) is 5.81. The number of hydrogen-bond acceptors (Lipinski definition) is 4. The van der Waals surface area contributed by atoms with E-state index in [0.717, 1.165) is 52.0 Å². The second kappa shape index (κ2) is 7.38. The standard InChI is InChI=1S/C15H28N2O3/c1-12(2)14-10-13(4-9-20-14)17-6-3-5-16(7-8-17)11-15(18)19/h12-14H,3-11H2,1-2H3,(H,18,19). The molecule has 2 aliphatic heterocycles. The van der Waals surface area contributed by atoms with Crippen molar-refractivity contribution < 1.29 is 14.6 Å². The zero-order valence-electron chi connectivity index (χ0n) is 12.8. The third kappa shape index (κ3) is 4.43. The quantitative estimate of drug-likeness (QED) is 0.843. The monoisotopic (exact) mass is 284 g/mol. The van der Waals surface area contributed by atoms with E-state index in [0.29, 0.717) is 18.1 Å².